The van der Waals surface area contributed by atoms with Gasteiger partial charge in [0.1, 0.15) is 5.75 Å². The maximum atomic E-state index is 5.80. The molecule has 1 aromatic carbocycles. The molecule has 1 heterocycles. The van der Waals surface area contributed by atoms with Crippen LogP contribution in [0.4, 0.5) is 0 Å². The third-order valence-electron chi connectivity index (χ3n) is 3.17. The number of nitrogens with one attached hydrogen (secondary N) is 1. The standard InChI is InChI=1S/C17H24N2O2/c1-3-11-18-12-5-6-17-19-13-16(21-17)14-7-9-15(10-8-14)20-4-2/h7-10,13,18H,3-6,11-12H2,1-2H3. The predicted octanol–water partition coefficient (Wildman–Crippen LogP) is 3.67. The fraction of sp³-hybridized carbons (Fsp3) is 0.471. The highest BCUT2D eigenvalue weighted by molar-refractivity contribution is 5.57. The van der Waals surface area contributed by atoms with E-state index in [1.54, 1.807) is 6.20 Å². The van der Waals surface area contributed by atoms with Crippen LogP contribution in [0.1, 0.15) is 32.6 Å². The third-order valence-corrected chi connectivity index (χ3v) is 3.17. The Labute approximate surface area is 126 Å². The molecule has 0 saturated heterocycles. The molecule has 0 atom stereocenters. The van der Waals surface area contributed by atoms with E-state index >= 15 is 0 Å². The number of aryl methyl sites for hydroxylation is 1. The molecule has 0 saturated carbocycles. The van der Waals surface area contributed by atoms with Gasteiger partial charge in [-0.25, -0.2) is 4.98 Å². The zero-order valence-corrected chi connectivity index (χ0v) is 12.9. The van der Waals surface area contributed by atoms with Crippen molar-refractivity contribution in [2.24, 2.45) is 0 Å². The van der Waals surface area contributed by atoms with Crippen LogP contribution in [0, 0.1) is 0 Å². The molecule has 0 fully saturated rings. The highest BCUT2D eigenvalue weighted by Crippen LogP contribution is 2.23. The van der Waals surface area contributed by atoms with Crippen molar-refractivity contribution in [1.82, 2.24) is 10.3 Å². The first-order valence-corrected chi connectivity index (χ1v) is 7.72. The molecule has 1 aromatic heterocycles. The van der Waals surface area contributed by atoms with Gasteiger partial charge in [-0.2, -0.15) is 0 Å². The Balaban J connectivity index is 1.87. The smallest absolute Gasteiger partial charge is 0.194 e. The number of hydrogen-bond acceptors (Lipinski definition) is 4. The average Bonchev–Trinajstić information content (AvgIpc) is 2.97. The molecule has 4 heteroatoms. The highest BCUT2D eigenvalue weighted by Gasteiger charge is 2.06. The van der Waals surface area contributed by atoms with Gasteiger partial charge in [0.2, 0.25) is 0 Å². The first-order valence-electron chi connectivity index (χ1n) is 7.72. The summed E-state index contributed by atoms with van der Waals surface area (Å²) in [6, 6.07) is 7.90. The summed E-state index contributed by atoms with van der Waals surface area (Å²) in [4.78, 5) is 4.34. The van der Waals surface area contributed by atoms with Gasteiger partial charge in [-0.15, -0.1) is 0 Å². The zero-order valence-electron chi connectivity index (χ0n) is 12.9. The second-order valence-electron chi connectivity index (χ2n) is 4.93. The van der Waals surface area contributed by atoms with Crippen LogP contribution in [0.5, 0.6) is 5.75 Å². The van der Waals surface area contributed by atoms with Crippen LogP contribution in [-0.4, -0.2) is 24.7 Å². The van der Waals surface area contributed by atoms with E-state index in [4.69, 9.17) is 9.15 Å². The largest absolute Gasteiger partial charge is 0.494 e. The SMILES string of the molecule is CCCNCCCc1ncc(-c2ccc(OCC)cc2)o1. The maximum Gasteiger partial charge on any atom is 0.194 e. The molecule has 0 aliphatic heterocycles. The van der Waals surface area contributed by atoms with Gasteiger partial charge in [0.25, 0.3) is 0 Å². The molecule has 0 spiro atoms. The van der Waals surface area contributed by atoms with Crippen LogP contribution in [0.3, 0.4) is 0 Å². The molecule has 114 valence electrons. The van der Waals surface area contributed by atoms with Crippen LogP contribution < -0.4 is 10.1 Å². The lowest BCUT2D eigenvalue weighted by Crippen LogP contribution is -2.16. The van der Waals surface area contributed by atoms with Gasteiger partial charge in [0.15, 0.2) is 11.7 Å². The van der Waals surface area contributed by atoms with E-state index in [2.05, 4.69) is 17.2 Å². The Morgan fingerprint density at radius 2 is 1.95 bits per heavy atom. The van der Waals surface area contributed by atoms with Crippen molar-refractivity contribution in [1.29, 1.82) is 0 Å². The molecule has 21 heavy (non-hydrogen) atoms. The molecular formula is C17H24N2O2. The Morgan fingerprint density at radius 1 is 1.14 bits per heavy atom. The lowest BCUT2D eigenvalue weighted by Gasteiger charge is -2.03. The summed E-state index contributed by atoms with van der Waals surface area (Å²) in [5.74, 6) is 2.50. The van der Waals surface area contributed by atoms with Crippen molar-refractivity contribution in [2.75, 3.05) is 19.7 Å². The first-order chi connectivity index (χ1) is 10.3. The number of oxazole rings is 1. The zero-order chi connectivity index (χ0) is 14.9. The van der Waals surface area contributed by atoms with Crippen molar-refractivity contribution in [2.45, 2.75) is 33.1 Å². The van der Waals surface area contributed by atoms with E-state index in [1.807, 2.05) is 31.2 Å². The maximum absolute atomic E-state index is 5.80. The van der Waals surface area contributed by atoms with Crippen molar-refractivity contribution >= 4 is 0 Å². The van der Waals surface area contributed by atoms with Crippen LogP contribution in [-0.2, 0) is 6.42 Å². The summed E-state index contributed by atoms with van der Waals surface area (Å²) in [6.45, 7) is 6.91. The van der Waals surface area contributed by atoms with Gasteiger partial charge in [-0.05, 0) is 57.1 Å². The fourth-order valence-electron chi connectivity index (χ4n) is 2.11. The fourth-order valence-corrected chi connectivity index (χ4v) is 2.11. The van der Waals surface area contributed by atoms with E-state index in [0.717, 1.165) is 48.9 Å². The molecular weight excluding hydrogens is 264 g/mol. The van der Waals surface area contributed by atoms with Crippen LogP contribution in [0.15, 0.2) is 34.9 Å². The van der Waals surface area contributed by atoms with Gasteiger partial charge in [0.05, 0.1) is 12.8 Å². The van der Waals surface area contributed by atoms with Crippen LogP contribution in [0.2, 0.25) is 0 Å². The molecule has 0 unspecified atom stereocenters. The second-order valence-corrected chi connectivity index (χ2v) is 4.93. The normalized spacial score (nSPS) is 10.8. The molecule has 0 amide bonds. The van der Waals surface area contributed by atoms with Crippen molar-refractivity contribution in [3.05, 3.63) is 36.4 Å². The molecule has 0 aliphatic carbocycles. The summed E-state index contributed by atoms with van der Waals surface area (Å²) in [5.41, 5.74) is 1.03. The van der Waals surface area contributed by atoms with E-state index in [0.29, 0.717) is 6.61 Å². The minimum Gasteiger partial charge on any atom is -0.494 e. The van der Waals surface area contributed by atoms with Gasteiger partial charge in [-0.1, -0.05) is 6.92 Å². The Kier molecular flexibility index (Phi) is 6.28. The highest BCUT2D eigenvalue weighted by atomic mass is 16.5. The molecule has 2 aromatic rings. The number of nitrogens with zero attached hydrogens (tertiary/aromatic N) is 1. The molecule has 0 bridgehead atoms. The minimum absolute atomic E-state index is 0.678. The molecule has 1 N–H and O–H groups in total. The summed E-state index contributed by atoms with van der Waals surface area (Å²) in [7, 11) is 0. The number of rotatable bonds is 9. The first kappa shape index (κ1) is 15.6. The van der Waals surface area contributed by atoms with Gasteiger partial charge in [0, 0.05) is 12.0 Å². The summed E-state index contributed by atoms with van der Waals surface area (Å²) in [5, 5.41) is 3.38. The summed E-state index contributed by atoms with van der Waals surface area (Å²) in [6.07, 6.45) is 4.88. The predicted molar refractivity (Wildman–Crippen MR) is 84.6 cm³/mol. The topological polar surface area (TPSA) is 47.3 Å². The van der Waals surface area contributed by atoms with Crippen molar-refractivity contribution < 1.29 is 9.15 Å². The van der Waals surface area contributed by atoms with Gasteiger partial charge < -0.3 is 14.5 Å². The Hall–Kier alpha value is -1.81. The molecule has 0 radical (unpaired) electrons. The molecule has 2 rings (SSSR count). The van der Waals surface area contributed by atoms with E-state index in [1.165, 1.54) is 6.42 Å². The third kappa shape index (κ3) is 4.90. The Morgan fingerprint density at radius 3 is 2.67 bits per heavy atom. The van der Waals surface area contributed by atoms with Crippen molar-refractivity contribution in [3.63, 3.8) is 0 Å². The number of benzene rings is 1. The lowest BCUT2D eigenvalue weighted by atomic mass is 10.2. The summed E-state index contributed by atoms with van der Waals surface area (Å²) < 4.78 is 11.2. The monoisotopic (exact) mass is 288 g/mol. The number of aromatic nitrogens is 1. The summed E-state index contributed by atoms with van der Waals surface area (Å²) >= 11 is 0. The minimum atomic E-state index is 0.678. The quantitative estimate of drug-likeness (QED) is 0.715. The Bertz CT molecular complexity index is 520. The molecule has 0 aliphatic rings. The van der Waals surface area contributed by atoms with E-state index in [9.17, 15) is 0 Å². The van der Waals surface area contributed by atoms with E-state index < -0.39 is 0 Å². The van der Waals surface area contributed by atoms with E-state index in [-0.39, 0.29) is 0 Å². The number of ether oxygens (including phenoxy) is 1. The van der Waals surface area contributed by atoms with Crippen LogP contribution >= 0.6 is 0 Å². The average molecular weight is 288 g/mol. The second kappa shape index (κ2) is 8.47. The van der Waals surface area contributed by atoms with Gasteiger partial charge in [-0.3, -0.25) is 0 Å². The lowest BCUT2D eigenvalue weighted by molar-refractivity contribution is 0.340. The molecule has 4 nitrogen and oxygen atoms in total. The number of hydrogen-bond donors (Lipinski definition) is 1. The van der Waals surface area contributed by atoms with Crippen LogP contribution in [0.25, 0.3) is 11.3 Å². The van der Waals surface area contributed by atoms with Gasteiger partial charge >= 0.3 is 0 Å². The van der Waals surface area contributed by atoms with Crippen molar-refractivity contribution in [3.8, 4) is 17.1 Å².